The number of allylic oxidation sites excluding steroid dienone is 1. The highest BCUT2D eigenvalue weighted by Gasteiger charge is 2.30. The molecular weight excluding hydrogens is 368 g/mol. The fourth-order valence-electron chi connectivity index (χ4n) is 3.33. The number of nitrogens with one attached hydrogen (secondary N) is 1. The molecule has 0 bridgehead atoms. The summed E-state index contributed by atoms with van der Waals surface area (Å²) in [7, 11) is 1.87. The topological polar surface area (TPSA) is 41.6 Å². The zero-order valence-corrected chi connectivity index (χ0v) is 17.8. The quantitative estimate of drug-likeness (QED) is 0.695. The van der Waals surface area contributed by atoms with Crippen molar-refractivity contribution in [2.45, 2.75) is 39.7 Å². The number of ketones is 1. The molecule has 0 spiro atoms. The summed E-state index contributed by atoms with van der Waals surface area (Å²) in [5.41, 5.74) is 3.87. The molecule has 1 heterocycles. The largest absolute Gasteiger partial charge is 0.457 e. The van der Waals surface area contributed by atoms with Crippen molar-refractivity contribution >= 4 is 23.1 Å². The van der Waals surface area contributed by atoms with Gasteiger partial charge in [0.05, 0.1) is 6.04 Å². The van der Waals surface area contributed by atoms with E-state index >= 15 is 0 Å². The predicted molar refractivity (Wildman–Crippen MR) is 117 cm³/mol. The van der Waals surface area contributed by atoms with Crippen LogP contribution in [0.5, 0.6) is 11.5 Å². The van der Waals surface area contributed by atoms with Crippen LogP contribution in [0.1, 0.15) is 50.8 Å². The summed E-state index contributed by atoms with van der Waals surface area (Å²) in [5.74, 6) is 2.08. The van der Waals surface area contributed by atoms with Gasteiger partial charge in [0.25, 0.3) is 0 Å². The molecule has 1 atom stereocenters. The number of ether oxygens (including phenoxy) is 1. The molecular formula is C23H26N2O2S. The summed E-state index contributed by atoms with van der Waals surface area (Å²) in [4.78, 5) is 14.1. The van der Waals surface area contributed by atoms with Crippen LogP contribution in [0, 0.1) is 0 Å². The number of carbonyl (C=O) groups excluding carboxylic acids is 1. The Morgan fingerprint density at radius 2 is 1.61 bits per heavy atom. The summed E-state index contributed by atoms with van der Waals surface area (Å²) in [5, 5.41) is 3.88. The van der Waals surface area contributed by atoms with Crippen LogP contribution in [-0.2, 0) is 4.79 Å². The Balaban J connectivity index is 1.82. The lowest BCUT2D eigenvalue weighted by Crippen LogP contribution is -2.45. The highest BCUT2D eigenvalue weighted by atomic mass is 32.1. The molecule has 146 valence electrons. The number of thiocarbonyl (C=S) groups is 1. The summed E-state index contributed by atoms with van der Waals surface area (Å²) < 4.78 is 5.96. The van der Waals surface area contributed by atoms with Crippen molar-refractivity contribution in [2.24, 2.45) is 0 Å². The van der Waals surface area contributed by atoms with Crippen LogP contribution in [0.4, 0.5) is 0 Å². The van der Waals surface area contributed by atoms with Crippen LogP contribution >= 0.6 is 12.2 Å². The van der Waals surface area contributed by atoms with Crippen molar-refractivity contribution in [3.8, 4) is 11.5 Å². The lowest BCUT2D eigenvalue weighted by Gasteiger charge is -2.35. The van der Waals surface area contributed by atoms with Crippen molar-refractivity contribution in [3.05, 3.63) is 70.9 Å². The van der Waals surface area contributed by atoms with E-state index in [-0.39, 0.29) is 11.8 Å². The van der Waals surface area contributed by atoms with Gasteiger partial charge in [0.1, 0.15) is 11.5 Å². The van der Waals surface area contributed by atoms with Crippen LogP contribution in [0.25, 0.3) is 0 Å². The second kappa shape index (κ2) is 8.15. The van der Waals surface area contributed by atoms with Crippen LogP contribution < -0.4 is 10.1 Å². The Morgan fingerprint density at radius 1 is 1.07 bits per heavy atom. The van der Waals surface area contributed by atoms with E-state index in [1.807, 2.05) is 55.3 Å². The summed E-state index contributed by atoms with van der Waals surface area (Å²) in [6.45, 7) is 7.86. The maximum atomic E-state index is 12.2. The fraction of sp³-hybridized carbons (Fsp3) is 0.304. The van der Waals surface area contributed by atoms with E-state index in [1.54, 1.807) is 6.92 Å². The Kier molecular flexibility index (Phi) is 5.84. The minimum absolute atomic E-state index is 0.0370. The average Bonchev–Trinajstić information content (AvgIpc) is 2.66. The van der Waals surface area contributed by atoms with Gasteiger partial charge in [0, 0.05) is 18.3 Å². The van der Waals surface area contributed by atoms with Gasteiger partial charge in [-0.05, 0) is 67.4 Å². The molecule has 0 saturated carbocycles. The molecule has 0 aromatic heterocycles. The number of carbonyl (C=O) groups is 1. The lowest BCUT2D eigenvalue weighted by molar-refractivity contribution is -0.114. The normalized spacial score (nSPS) is 17.0. The smallest absolute Gasteiger partial charge is 0.173 e. The van der Waals surface area contributed by atoms with Gasteiger partial charge in [-0.25, -0.2) is 0 Å². The average molecular weight is 395 g/mol. The Hall–Kier alpha value is -2.66. The third-order valence-corrected chi connectivity index (χ3v) is 5.52. The molecule has 0 amide bonds. The fourth-order valence-corrected chi connectivity index (χ4v) is 3.58. The van der Waals surface area contributed by atoms with E-state index in [2.05, 4.69) is 31.3 Å². The van der Waals surface area contributed by atoms with Crippen LogP contribution in [-0.4, -0.2) is 22.8 Å². The van der Waals surface area contributed by atoms with Gasteiger partial charge in [-0.3, -0.25) is 4.79 Å². The van der Waals surface area contributed by atoms with Crippen LogP contribution in [0.2, 0.25) is 0 Å². The molecule has 0 radical (unpaired) electrons. The zero-order valence-electron chi connectivity index (χ0n) is 16.9. The minimum atomic E-state index is -0.249. The van der Waals surface area contributed by atoms with E-state index in [0.717, 1.165) is 28.3 Å². The monoisotopic (exact) mass is 394 g/mol. The summed E-state index contributed by atoms with van der Waals surface area (Å²) in [6, 6.07) is 15.7. The molecule has 2 aromatic rings. The number of hydrogen-bond donors (Lipinski definition) is 1. The molecule has 1 aliphatic rings. The molecule has 4 nitrogen and oxygen atoms in total. The molecule has 0 saturated heterocycles. The first-order valence-electron chi connectivity index (χ1n) is 9.41. The third-order valence-electron chi connectivity index (χ3n) is 5.13. The Bertz CT molecular complexity index is 915. The van der Waals surface area contributed by atoms with E-state index in [4.69, 9.17) is 17.0 Å². The molecule has 1 aliphatic heterocycles. The number of rotatable bonds is 5. The molecule has 2 aromatic carbocycles. The SMILES string of the molecule is CC(=O)C1=C(C)N(C)C(=S)NC1c1ccc(Oc2ccc(C(C)C)cc2)cc1. The number of Topliss-reactive ketones (excluding diaryl/α,β-unsaturated/α-hetero) is 1. The van der Waals surface area contributed by atoms with Crippen molar-refractivity contribution in [1.82, 2.24) is 10.2 Å². The predicted octanol–water partition coefficient (Wildman–Crippen LogP) is 5.33. The van der Waals surface area contributed by atoms with E-state index in [9.17, 15) is 4.79 Å². The van der Waals surface area contributed by atoms with E-state index < -0.39 is 0 Å². The molecule has 1 unspecified atom stereocenters. The first-order chi connectivity index (χ1) is 13.3. The third kappa shape index (κ3) is 4.09. The highest BCUT2D eigenvalue weighted by Crippen LogP contribution is 2.32. The maximum absolute atomic E-state index is 12.2. The number of hydrogen-bond acceptors (Lipinski definition) is 3. The van der Waals surface area contributed by atoms with Gasteiger partial charge in [-0.1, -0.05) is 38.1 Å². The van der Waals surface area contributed by atoms with Gasteiger partial charge >= 0.3 is 0 Å². The maximum Gasteiger partial charge on any atom is 0.173 e. The Morgan fingerprint density at radius 3 is 2.11 bits per heavy atom. The molecule has 28 heavy (non-hydrogen) atoms. The van der Waals surface area contributed by atoms with Gasteiger partial charge < -0.3 is 15.0 Å². The molecule has 0 fully saturated rings. The summed E-state index contributed by atoms with van der Waals surface area (Å²) in [6.07, 6.45) is 0. The minimum Gasteiger partial charge on any atom is -0.457 e. The van der Waals surface area contributed by atoms with Crippen molar-refractivity contribution in [2.75, 3.05) is 7.05 Å². The van der Waals surface area contributed by atoms with E-state index in [0.29, 0.717) is 11.0 Å². The second-order valence-corrected chi connectivity index (χ2v) is 7.78. The van der Waals surface area contributed by atoms with Crippen molar-refractivity contribution in [3.63, 3.8) is 0 Å². The number of benzene rings is 2. The standard InChI is InChI=1S/C23H26N2O2S/c1-14(2)17-6-10-19(11-7-17)27-20-12-8-18(9-13-20)22-21(16(4)26)15(3)25(5)23(28)24-22/h6-14,22H,1-5H3,(H,24,28). The van der Waals surface area contributed by atoms with E-state index in [1.165, 1.54) is 5.56 Å². The molecule has 3 rings (SSSR count). The van der Waals surface area contributed by atoms with Gasteiger partial charge in [-0.2, -0.15) is 0 Å². The first-order valence-corrected chi connectivity index (χ1v) is 9.82. The van der Waals surface area contributed by atoms with Gasteiger partial charge in [0.15, 0.2) is 10.9 Å². The molecule has 0 aliphatic carbocycles. The number of nitrogens with zero attached hydrogens (tertiary/aromatic N) is 1. The molecule has 5 heteroatoms. The Labute approximate surface area is 172 Å². The van der Waals surface area contributed by atoms with Crippen LogP contribution in [0.3, 0.4) is 0 Å². The van der Waals surface area contributed by atoms with Crippen LogP contribution in [0.15, 0.2) is 59.8 Å². The van der Waals surface area contributed by atoms with Gasteiger partial charge in [-0.15, -0.1) is 0 Å². The second-order valence-electron chi connectivity index (χ2n) is 7.39. The van der Waals surface area contributed by atoms with Gasteiger partial charge in [0.2, 0.25) is 0 Å². The van der Waals surface area contributed by atoms with Crippen molar-refractivity contribution in [1.29, 1.82) is 0 Å². The highest BCUT2D eigenvalue weighted by molar-refractivity contribution is 7.80. The first kappa shape index (κ1) is 20.1. The zero-order chi connectivity index (χ0) is 20.4. The molecule has 1 N–H and O–H groups in total. The lowest BCUT2D eigenvalue weighted by atomic mass is 9.92. The van der Waals surface area contributed by atoms with Crippen molar-refractivity contribution < 1.29 is 9.53 Å². The summed E-state index contributed by atoms with van der Waals surface area (Å²) >= 11 is 5.41.